The van der Waals surface area contributed by atoms with Gasteiger partial charge in [-0.2, -0.15) is 0 Å². The van der Waals surface area contributed by atoms with Gasteiger partial charge in [0.1, 0.15) is 5.82 Å². The van der Waals surface area contributed by atoms with Gasteiger partial charge in [-0.05, 0) is 59.8 Å². The number of aryl methyl sites for hydroxylation is 1. The first-order valence-electron chi connectivity index (χ1n) is 5.59. The number of carbonyl (C=O) groups is 1. The molecule has 2 N–H and O–H groups in total. The Balaban J connectivity index is 2.02. The van der Waals surface area contributed by atoms with Crippen molar-refractivity contribution < 1.29 is 9.18 Å². The molecule has 2 rings (SSSR count). The fraction of sp³-hybridized carbons (Fsp3) is 0.417. The number of hydrogen-bond donors (Lipinski definition) is 2. The van der Waals surface area contributed by atoms with E-state index in [2.05, 4.69) is 26.6 Å². The third kappa shape index (κ3) is 2.97. The van der Waals surface area contributed by atoms with Crippen molar-refractivity contribution in [2.24, 2.45) is 0 Å². The van der Waals surface area contributed by atoms with Crippen LogP contribution in [0.4, 0.5) is 14.9 Å². The number of urea groups is 1. The zero-order valence-electron chi connectivity index (χ0n) is 9.52. The van der Waals surface area contributed by atoms with E-state index in [0.29, 0.717) is 21.8 Å². The Labute approximate surface area is 108 Å². The molecule has 0 heterocycles. The van der Waals surface area contributed by atoms with Gasteiger partial charge in [0.2, 0.25) is 0 Å². The molecule has 1 aliphatic rings. The van der Waals surface area contributed by atoms with Crippen LogP contribution in [0.5, 0.6) is 0 Å². The van der Waals surface area contributed by atoms with E-state index in [1.165, 1.54) is 12.5 Å². The van der Waals surface area contributed by atoms with E-state index < -0.39 is 0 Å². The molecule has 0 spiro atoms. The minimum atomic E-state index is -0.326. The van der Waals surface area contributed by atoms with Crippen LogP contribution in [0.2, 0.25) is 0 Å². The molecule has 0 bridgehead atoms. The van der Waals surface area contributed by atoms with E-state index in [1.54, 1.807) is 13.0 Å². The molecule has 0 radical (unpaired) electrons. The van der Waals surface area contributed by atoms with E-state index in [9.17, 15) is 9.18 Å². The number of carbonyl (C=O) groups excluding carboxylic acids is 1. The third-order valence-electron chi connectivity index (χ3n) is 2.96. The van der Waals surface area contributed by atoms with Gasteiger partial charge in [0.25, 0.3) is 0 Å². The second-order valence-corrected chi connectivity index (χ2v) is 5.16. The maximum Gasteiger partial charge on any atom is 0.319 e. The highest BCUT2D eigenvalue weighted by molar-refractivity contribution is 9.10. The lowest BCUT2D eigenvalue weighted by atomic mass is 9.93. The molecule has 2 amide bonds. The van der Waals surface area contributed by atoms with Gasteiger partial charge in [-0.3, -0.25) is 0 Å². The SMILES string of the molecule is Cc1cc(F)c(Br)cc1NC(=O)NC1CCC1. The lowest BCUT2D eigenvalue weighted by Crippen LogP contribution is -2.41. The fourth-order valence-corrected chi connectivity index (χ4v) is 2.02. The van der Waals surface area contributed by atoms with E-state index in [0.717, 1.165) is 12.8 Å². The molecule has 1 fully saturated rings. The summed E-state index contributed by atoms with van der Waals surface area (Å²) in [5.41, 5.74) is 1.32. The van der Waals surface area contributed by atoms with E-state index in [1.807, 2.05) is 0 Å². The predicted octanol–water partition coefficient (Wildman–Crippen LogP) is 3.57. The molecule has 1 aromatic rings. The Morgan fingerprint density at radius 1 is 1.47 bits per heavy atom. The molecule has 92 valence electrons. The molecule has 0 saturated heterocycles. The highest BCUT2D eigenvalue weighted by atomic mass is 79.9. The van der Waals surface area contributed by atoms with E-state index in [-0.39, 0.29) is 11.8 Å². The Morgan fingerprint density at radius 2 is 2.18 bits per heavy atom. The van der Waals surface area contributed by atoms with Gasteiger partial charge in [0, 0.05) is 11.7 Å². The maximum atomic E-state index is 13.2. The molecule has 0 aliphatic heterocycles. The van der Waals surface area contributed by atoms with E-state index in [4.69, 9.17) is 0 Å². The number of rotatable bonds is 2. The zero-order chi connectivity index (χ0) is 12.4. The molecule has 0 atom stereocenters. The minimum Gasteiger partial charge on any atom is -0.335 e. The topological polar surface area (TPSA) is 41.1 Å². The normalized spacial score (nSPS) is 15.2. The van der Waals surface area contributed by atoms with Crippen molar-refractivity contribution in [3.8, 4) is 0 Å². The molecule has 5 heteroatoms. The van der Waals surface area contributed by atoms with Gasteiger partial charge >= 0.3 is 6.03 Å². The smallest absolute Gasteiger partial charge is 0.319 e. The Kier molecular flexibility index (Phi) is 3.66. The van der Waals surface area contributed by atoms with Crippen LogP contribution in [0.3, 0.4) is 0 Å². The first-order valence-corrected chi connectivity index (χ1v) is 6.38. The number of benzene rings is 1. The highest BCUT2D eigenvalue weighted by Gasteiger charge is 2.19. The lowest BCUT2D eigenvalue weighted by Gasteiger charge is -2.26. The summed E-state index contributed by atoms with van der Waals surface area (Å²) in [4.78, 5) is 11.6. The molecule has 0 unspecified atom stereocenters. The van der Waals surface area contributed by atoms with Crippen LogP contribution in [0, 0.1) is 12.7 Å². The molecule has 3 nitrogen and oxygen atoms in total. The lowest BCUT2D eigenvalue weighted by molar-refractivity contribution is 0.240. The zero-order valence-corrected chi connectivity index (χ0v) is 11.1. The van der Waals surface area contributed by atoms with Crippen molar-refractivity contribution in [2.75, 3.05) is 5.32 Å². The third-order valence-corrected chi connectivity index (χ3v) is 3.56. The summed E-state index contributed by atoms with van der Waals surface area (Å²) in [5, 5.41) is 5.60. The number of nitrogens with one attached hydrogen (secondary N) is 2. The summed E-state index contributed by atoms with van der Waals surface area (Å²) in [7, 11) is 0. The molecule has 1 aliphatic carbocycles. The van der Waals surface area contributed by atoms with Crippen LogP contribution in [0.1, 0.15) is 24.8 Å². The summed E-state index contributed by atoms with van der Waals surface area (Å²) in [5.74, 6) is -0.326. The van der Waals surface area contributed by atoms with Crippen molar-refractivity contribution in [3.05, 3.63) is 28.0 Å². The Morgan fingerprint density at radius 3 is 2.76 bits per heavy atom. The number of hydrogen-bond acceptors (Lipinski definition) is 1. The van der Waals surface area contributed by atoms with E-state index >= 15 is 0 Å². The number of anilines is 1. The van der Waals surface area contributed by atoms with Crippen molar-refractivity contribution in [2.45, 2.75) is 32.2 Å². The summed E-state index contributed by atoms with van der Waals surface area (Å²) in [6, 6.07) is 3.03. The second-order valence-electron chi connectivity index (χ2n) is 4.31. The number of amides is 2. The summed E-state index contributed by atoms with van der Waals surface area (Å²) < 4.78 is 13.5. The summed E-state index contributed by atoms with van der Waals surface area (Å²) in [6.07, 6.45) is 3.26. The van der Waals surface area contributed by atoms with Crippen LogP contribution < -0.4 is 10.6 Å². The van der Waals surface area contributed by atoms with Gasteiger partial charge < -0.3 is 10.6 Å². The molecule has 1 aromatic carbocycles. The number of halogens is 2. The predicted molar refractivity (Wildman–Crippen MR) is 68.6 cm³/mol. The first-order chi connectivity index (χ1) is 8.06. The standard InChI is InChI=1S/C12H14BrFN2O/c1-7-5-10(14)9(13)6-11(7)16-12(17)15-8-3-2-4-8/h5-6,8H,2-4H2,1H3,(H2,15,16,17). The van der Waals surface area contributed by atoms with Crippen LogP contribution in [-0.4, -0.2) is 12.1 Å². The van der Waals surface area contributed by atoms with Crippen molar-refractivity contribution in [1.29, 1.82) is 0 Å². The largest absolute Gasteiger partial charge is 0.335 e. The average Bonchev–Trinajstić information content (AvgIpc) is 2.20. The summed E-state index contributed by atoms with van der Waals surface area (Å²) >= 11 is 3.10. The molecular formula is C12H14BrFN2O. The second kappa shape index (κ2) is 5.04. The summed E-state index contributed by atoms with van der Waals surface area (Å²) in [6.45, 7) is 1.76. The monoisotopic (exact) mass is 300 g/mol. The maximum absolute atomic E-state index is 13.2. The van der Waals surface area contributed by atoms with Gasteiger partial charge in [0.05, 0.1) is 4.47 Å². The van der Waals surface area contributed by atoms with Crippen molar-refractivity contribution in [3.63, 3.8) is 0 Å². The molecule has 0 aromatic heterocycles. The quantitative estimate of drug-likeness (QED) is 0.861. The Bertz CT molecular complexity index is 446. The van der Waals surface area contributed by atoms with Crippen LogP contribution >= 0.6 is 15.9 Å². The van der Waals surface area contributed by atoms with Crippen LogP contribution in [-0.2, 0) is 0 Å². The van der Waals surface area contributed by atoms with Crippen molar-refractivity contribution >= 4 is 27.6 Å². The first kappa shape index (κ1) is 12.4. The molecular weight excluding hydrogens is 287 g/mol. The van der Waals surface area contributed by atoms with Crippen LogP contribution in [0.15, 0.2) is 16.6 Å². The van der Waals surface area contributed by atoms with Gasteiger partial charge in [-0.1, -0.05) is 0 Å². The highest BCUT2D eigenvalue weighted by Crippen LogP contribution is 2.24. The van der Waals surface area contributed by atoms with Gasteiger partial charge in [-0.15, -0.1) is 0 Å². The van der Waals surface area contributed by atoms with Crippen molar-refractivity contribution in [1.82, 2.24) is 5.32 Å². The Hall–Kier alpha value is -1.10. The average molecular weight is 301 g/mol. The van der Waals surface area contributed by atoms with Gasteiger partial charge in [0.15, 0.2) is 0 Å². The molecule has 1 saturated carbocycles. The minimum absolute atomic E-state index is 0.226. The molecule has 17 heavy (non-hydrogen) atoms. The fourth-order valence-electron chi connectivity index (χ4n) is 1.68. The van der Waals surface area contributed by atoms with Gasteiger partial charge in [-0.25, -0.2) is 9.18 Å². The van der Waals surface area contributed by atoms with Crippen LogP contribution in [0.25, 0.3) is 0 Å².